The lowest BCUT2D eigenvalue weighted by Crippen LogP contribution is -2.23. The van der Waals surface area contributed by atoms with Gasteiger partial charge in [0, 0.05) is 17.1 Å². The van der Waals surface area contributed by atoms with Gasteiger partial charge in [-0.05, 0) is 12.1 Å². The van der Waals surface area contributed by atoms with E-state index in [0.29, 0.717) is 5.69 Å². The first-order valence-electron chi connectivity index (χ1n) is 5.43. The van der Waals surface area contributed by atoms with Crippen LogP contribution in [0.1, 0.15) is 5.69 Å². The number of phenolic OH excluding ortho intramolecular Hbond substituents is 1. The Balaban J connectivity index is 2.25. The van der Waals surface area contributed by atoms with E-state index in [1.54, 1.807) is 0 Å². The smallest absolute Gasteiger partial charge is 0.312 e. The van der Waals surface area contributed by atoms with Crippen molar-refractivity contribution >= 4 is 27.0 Å². The summed E-state index contributed by atoms with van der Waals surface area (Å²) in [7, 11) is -4.00. The van der Waals surface area contributed by atoms with Crippen LogP contribution in [0, 0.1) is 10.1 Å². The lowest BCUT2D eigenvalue weighted by atomic mass is 10.3. The Labute approximate surface area is 122 Å². The molecule has 3 N–H and O–H groups in total. The molecule has 0 saturated carbocycles. The topological polar surface area (TPSA) is 142 Å². The second-order valence-corrected chi connectivity index (χ2v) is 6.51. The van der Waals surface area contributed by atoms with Crippen LogP contribution in [-0.2, 0) is 16.6 Å². The highest BCUT2D eigenvalue weighted by molar-refractivity contribution is 7.89. The predicted molar refractivity (Wildman–Crippen MR) is 73.7 cm³/mol. The number of sulfonamides is 1. The van der Waals surface area contributed by atoms with Crippen LogP contribution in [0.15, 0.2) is 33.3 Å². The van der Waals surface area contributed by atoms with Crippen LogP contribution >= 0.6 is 11.3 Å². The van der Waals surface area contributed by atoms with Gasteiger partial charge in [-0.3, -0.25) is 14.9 Å². The minimum atomic E-state index is -4.00. The number of rotatable bonds is 5. The van der Waals surface area contributed by atoms with Gasteiger partial charge >= 0.3 is 10.6 Å². The number of H-pyrrole nitrogens is 1. The van der Waals surface area contributed by atoms with E-state index in [1.807, 2.05) is 0 Å². The summed E-state index contributed by atoms with van der Waals surface area (Å²) in [5.74, 6) is -0.624. The summed E-state index contributed by atoms with van der Waals surface area (Å²) in [6.45, 7) is -0.157. The van der Waals surface area contributed by atoms with Crippen molar-refractivity contribution in [1.82, 2.24) is 9.71 Å². The van der Waals surface area contributed by atoms with Crippen molar-refractivity contribution in [3.63, 3.8) is 0 Å². The molecule has 2 aromatic rings. The molecule has 0 saturated heterocycles. The Kier molecular flexibility index (Phi) is 4.06. The van der Waals surface area contributed by atoms with E-state index in [4.69, 9.17) is 0 Å². The minimum absolute atomic E-state index is 0.157. The molecule has 11 heteroatoms. The molecule has 0 aliphatic heterocycles. The summed E-state index contributed by atoms with van der Waals surface area (Å²) in [5.41, 5.74) is -0.330. The molecule has 0 atom stereocenters. The van der Waals surface area contributed by atoms with Gasteiger partial charge in [-0.2, -0.15) is 0 Å². The number of aromatic nitrogens is 1. The number of nitrogens with zero attached hydrogens (tertiary/aromatic N) is 1. The molecule has 21 heavy (non-hydrogen) atoms. The first kappa shape index (κ1) is 15.2. The summed E-state index contributed by atoms with van der Waals surface area (Å²) >= 11 is 0.891. The molecule has 0 fully saturated rings. The number of benzene rings is 1. The Morgan fingerprint density at radius 2 is 2.14 bits per heavy atom. The highest BCUT2D eigenvalue weighted by atomic mass is 32.2. The van der Waals surface area contributed by atoms with E-state index in [-0.39, 0.29) is 16.3 Å². The number of thiazole rings is 1. The zero-order valence-corrected chi connectivity index (χ0v) is 11.9. The average Bonchev–Trinajstić information content (AvgIpc) is 2.82. The van der Waals surface area contributed by atoms with Crippen LogP contribution in [-0.4, -0.2) is 23.4 Å². The number of nitro benzene ring substituents is 1. The first-order valence-corrected chi connectivity index (χ1v) is 7.79. The molecule has 0 spiro atoms. The van der Waals surface area contributed by atoms with Crippen LogP contribution in [0.5, 0.6) is 5.75 Å². The number of nitrogens with one attached hydrogen (secondary N) is 2. The zero-order valence-electron chi connectivity index (χ0n) is 10.3. The predicted octanol–water partition coefficient (Wildman–Crippen LogP) is 0.529. The second kappa shape index (κ2) is 5.63. The monoisotopic (exact) mass is 331 g/mol. The van der Waals surface area contributed by atoms with Gasteiger partial charge in [0.15, 0.2) is 5.75 Å². The molecule has 112 valence electrons. The largest absolute Gasteiger partial charge is 0.502 e. The van der Waals surface area contributed by atoms with Crippen molar-refractivity contribution in [1.29, 1.82) is 0 Å². The Morgan fingerprint density at radius 1 is 1.43 bits per heavy atom. The molecule has 0 radical (unpaired) electrons. The lowest BCUT2D eigenvalue weighted by Gasteiger charge is -2.06. The molecule has 0 unspecified atom stereocenters. The SMILES string of the molecule is O=c1[nH]c(CNS(=O)(=O)c2ccc(O)c([N+](=O)[O-])c2)cs1. The summed E-state index contributed by atoms with van der Waals surface area (Å²) in [6.07, 6.45) is 0. The van der Waals surface area contributed by atoms with Crippen molar-refractivity contribution in [2.75, 3.05) is 0 Å². The fourth-order valence-electron chi connectivity index (χ4n) is 1.47. The lowest BCUT2D eigenvalue weighted by molar-refractivity contribution is -0.386. The highest BCUT2D eigenvalue weighted by Gasteiger charge is 2.21. The van der Waals surface area contributed by atoms with E-state index in [9.17, 15) is 28.4 Å². The molecule has 0 amide bonds. The number of phenols is 1. The van der Waals surface area contributed by atoms with Gasteiger partial charge in [0.25, 0.3) is 0 Å². The molecule has 0 bridgehead atoms. The molecule has 1 aromatic carbocycles. The maximum Gasteiger partial charge on any atom is 0.312 e. The summed E-state index contributed by atoms with van der Waals surface area (Å²) in [4.78, 5) is 22.5. The number of aromatic amines is 1. The summed E-state index contributed by atoms with van der Waals surface area (Å²) in [6, 6.07) is 2.73. The fraction of sp³-hybridized carbons (Fsp3) is 0.100. The normalized spacial score (nSPS) is 11.4. The van der Waals surface area contributed by atoms with Crippen molar-refractivity contribution in [2.24, 2.45) is 0 Å². The van der Waals surface area contributed by atoms with Crippen molar-refractivity contribution < 1.29 is 18.4 Å². The van der Waals surface area contributed by atoms with Gasteiger partial charge in [-0.1, -0.05) is 11.3 Å². The maximum absolute atomic E-state index is 12.0. The van der Waals surface area contributed by atoms with Crippen LogP contribution in [0.4, 0.5) is 5.69 Å². The first-order chi connectivity index (χ1) is 9.79. The molecule has 0 aliphatic rings. The van der Waals surface area contributed by atoms with Gasteiger partial charge in [0.2, 0.25) is 10.0 Å². The molecule has 9 nitrogen and oxygen atoms in total. The molecular weight excluding hydrogens is 322 g/mol. The third-order valence-corrected chi connectivity index (χ3v) is 4.59. The third-order valence-electron chi connectivity index (χ3n) is 2.48. The average molecular weight is 331 g/mol. The fourth-order valence-corrected chi connectivity index (χ4v) is 3.08. The van der Waals surface area contributed by atoms with Crippen LogP contribution < -0.4 is 9.60 Å². The van der Waals surface area contributed by atoms with Crippen LogP contribution in [0.2, 0.25) is 0 Å². The number of nitro groups is 1. The Bertz CT molecular complexity index is 838. The van der Waals surface area contributed by atoms with Gasteiger partial charge in [-0.25, -0.2) is 13.1 Å². The molecule has 1 heterocycles. The molecular formula is C10H9N3O6S2. The standard InChI is InChI=1S/C10H9N3O6S2/c14-9-2-1-7(3-8(9)13(16)17)21(18,19)11-4-6-5-20-10(15)12-6/h1-3,5,11,14H,4H2,(H,12,15). The summed E-state index contributed by atoms with van der Waals surface area (Å²) in [5, 5.41) is 21.4. The van der Waals surface area contributed by atoms with Crippen LogP contribution in [0.3, 0.4) is 0 Å². The Morgan fingerprint density at radius 3 is 2.71 bits per heavy atom. The van der Waals surface area contributed by atoms with Crippen molar-refractivity contribution in [2.45, 2.75) is 11.4 Å². The molecule has 1 aromatic heterocycles. The number of hydrogen-bond acceptors (Lipinski definition) is 7. The van der Waals surface area contributed by atoms with E-state index in [0.717, 1.165) is 29.5 Å². The number of hydrogen-bond donors (Lipinski definition) is 3. The highest BCUT2D eigenvalue weighted by Crippen LogP contribution is 2.28. The van der Waals surface area contributed by atoms with Crippen molar-refractivity contribution in [3.05, 3.63) is 49.1 Å². The zero-order chi connectivity index (χ0) is 15.6. The molecule has 0 aliphatic carbocycles. The van der Waals surface area contributed by atoms with Gasteiger partial charge < -0.3 is 10.1 Å². The quantitative estimate of drug-likeness (QED) is 0.539. The van der Waals surface area contributed by atoms with E-state index in [2.05, 4.69) is 9.71 Å². The molecule has 2 rings (SSSR count). The van der Waals surface area contributed by atoms with Crippen LogP contribution in [0.25, 0.3) is 0 Å². The van der Waals surface area contributed by atoms with Crippen molar-refractivity contribution in [3.8, 4) is 5.75 Å². The van der Waals surface area contributed by atoms with E-state index >= 15 is 0 Å². The van der Waals surface area contributed by atoms with E-state index in [1.165, 1.54) is 5.38 Å². The third kappa shape index (κ3) is 3.45. The number of aromatic hydroxyl groups is 1. The van der Waals surface area contributed by atoms with Gasteiger partial charge in [0.05, 0.1) is 16.4 Å². The summed E-state index contributed by atoms with van der Waals surface area (Å²) < 4.78 is 26.2. The van der Waals surface area contributed by atoms with Gasteiger partial charge in [0.1, 0.15) is 0 Å². The maximum atomic E-state index is 12.0. The second-order valence-electron chi connectivity index (χ2n) is 3.91. The van der Waals surface area contributed by atoms with Gasteiger partial charge in [-0.15, -0.1) is 0 Å². The minimum Gasteiger partial charge on any atom is -0.502 e. The Hall–Kier alpha value is -2.24. The van der Waals surface area contributed by atoms with E-state index < -0.39 is 26.4 Å².